The van der Waals surface area contributed by atoms with Crippen LogP contribution in [0.5, 0.6) is 0 Å². The van der Waals surface area contributed by atoms with Gasteiger partial charge in [-0.15, -0.1) is 0 Å². The van der Waals surface area contributed by atoms with E-state index in [1.807, 2.05) is 36.4 Å². The number of hydrogen-bond acceptors (Lipinski definition) is 1. The highest BCUT2D eigenvalue weighted by atomic mass is 16.5. The van der Waals surface area contributed by atoms with E-state index in [1.54, 1.807) is 6.92 Å². The minimum atomic E-state index is 0.730. The van der Waals surface area contributed by atoms with Crippen molar-refractivity contribution in [2.75, 3.05) is 0 Å². The Bertz CT molecular complexity index is 423. The standard InChI is InChI=1S/C10H9NO/c1-8-6-7-9-4-2-3-5-10(9)11(8)12/h2-7H,1H3. The summed E-state index contributed by atoms with van der Waals surface area (Å²) < 4.78 is 0.954. The highest BCUT2D eigenvalue weighted by Gasteiger charge is 2.03. The van der Waals surface area contributed by atoms with Crippen LogP contribution < -0.4 is 4.73 Å². The normalized spacial score (nSPS) is 10.4. The summed E-state index contributed by atoms with van der Waals surface area (Å²) in [5, 5.41) is 12.4. The van der Waals surface area contributed by atoms with Crippen molar-refractivity contribution in [3.05, 3.63) is 47.3 Å². The molecule has 2 aromatic rings. The minimum Gasteiger partial charge on any atom is -0.618 e. The molecule has 0 spiro atoms. The van der Waals surface area contributed by atoms with Gasteiger partial charge in [0.1, 0.15) is 0 Å². The largest absolute Gasteiger partial charge is 0.618 e. The van der Waals surface area contributed by atoms with Crippen molar-refractivity contribution in [1.29, 1.82) is 0 Å². The van der Waals surface area contributed by atoms with Gasteiger partial charge in [-0.3, -0.25) is 0 Å². The van der Waals surface area contributed by atoms with E-state index in [1.165, 1.54) is 0 Å². The maximum atomic E-state index is 11.4. The monoisotopic (exact) mass is 159 g/mol. The molecular weight excluding hydrogens is 150 g/mol. The zero-order valence-electron chi connectivity index (χ0n) is 6.82. The zero-order valence-corrected chi connectivity index (χ0v) is 6.82. The van der Waals surface area contributed by atoms with E-state index in [9.17, 15) is 5.21 Å². The number of fused-ring (bicyclic) bond motifs is 1. The molecule has 0 aliphatic carbocycles. The number of rotatable bonds is 0. The van der Waals surface area contributed by atoms with Crippen molar-refractivity contribution in [2.24, 2.45) is 0 Å². The van der Waals surface area contributed by atoms with Crippen molar-refractivity contribution in [3.8, 4) is 0 Å². The molecule has 0 aliphatic heterocycles. The topological polar surface area (TPSA) is 26.9 Å². The first-order valence-electron chi connectivity index (χ1n) is 3.87. The molecule has 1 aromatic carbocycles. The lowest BCUT2D eigenvalue weighted by atomic mass is 10.2. The van der Waals surface area contributed by atoms with E-state index in [-0.39, 0.29) is 0 Å². The summed E-state index contributed by atoms with van der Waals surface area (Å²) in [7, 11) is 0. The Kier molecular flexibility index (Phi) is 1.47. The first kappa shape index (κ1) is 7.10. The van der Waals surface area contributed by atoms with Crippen LogP contribution in [-0.4, -0.2) is 0 Å². The molecule has 0 fully saturated rings. The van der Waals surface area contributed by atoms with Crippen molar-refractivity contribution in [3.63, 3.8) is 0 Å². The van der Waals surface area contributed by atoms with Crippen LogP contribution in [0.4, 0.5) is 0 Å². The molecule has 2 nitrogen and oxygen atoms in total. The van der Waals surface area contributed by atoms with Gasteiger partial charge in [0, 0.05) is 24.4 Å². The smallest absolute Gasteiger partial charge is 0.223 e. The van der Waals surface area contributed by atoms with Crippen LogP contribution in [0.1, 0.15) is 5.69 Å². The number of para-hydroxylation sites is 1. The van der Waals surface area contributed by atoms with Crippen LogP contribution in [0.3, 0.4) is 0 Å². The highest BCUT2D eigenvalue weighted by molar-refractivity contribution is 5.75. The Balaban J connectivity index is 2.91. The lowest BCUT2D eigenvalue weighted by molar-refractivity contribution is -0.584. The third-order valence-electron chi connectivity index (χ3n) is 1.98. The summed E-state index contributed by atoms with van der Waals surface area (Å²) in [6, 6.07) is 11.3. The second-order valence-corrected chi connectivity index (χ2v) is 2.83. The summed E-state index contributed by atoms with van der Waals surface area (Å²) in [6.45, 7) is 1.80. The molecule has 0 saturated heterocycles. The first-order valence-corrected chi connectivity index (χ1v) is 3.87. The fourth-order valence-corrected chi connectivity index (χ4v) is 1.28. The van der Waals surface area contributed by atoms with Crippen molar-refractivity contribution >= 4 is 10.9 Å². The van der Waals surface area contributed by atoms with Crippen LogP contribution in [0.2, 0.25) is 0 Å². The average molecular weight is 159 g/mol. The number of benzene rings is 1. The van der Waals surface area contributed by atoms with Crippen LogP contribution >= 0.6 is 0 Å². The lowest BCUT2D eigenvalue weighted by Crippen LogP contribution is -2.30. The predicted molar refractivity (Wildman–Crippen MR) is 47.6 cm³/mol. The number of hydrogen-bond donors (Lipinski definition) is 0. The summed E-state index contributed by atoms with van der Waals surface area (Å²) in [5.41, 5.74) is 1.46. The number of aryl methyl sites for hydroxylation is 1. The maximum absolute atomic E-state index is 11.4. The molecular formula is C10H9NO. The molecule has 0 bridgehead atoms. The second kappa shape index (κ2) is 2.48. The fourth-order valence-electron chi connectivity index (χ4n) is 1.28. The molecule has 0 saturated carbocycles. The molecule has 12 heavy (non-hydrogen) atoms. The number of aromatic nitrogens is 1. The lowest BCUT2D eigenvalue weighted by Gasteiger charge is -2.02. The van der Waals surface area contributed by atoms with Gasteiger partial charge < -0.3 is 5.21 Å². The van der Waals surface area contributed by atoms with Gasteiger partial charge in [-0.2, -0.15) is 4.73 Å². The third-order valence-corrected chi connectivity index (χ3v) is 1.98. The molecule has 0 unspecified atom stereocenters. The highest BCUT2D eigenvalue weighted by Crippen LogP contribution is 2.08. The Morgan fingerprint density at radius 1 is 1.08 bits per heavy atom. The summed E-state index contributed by atoms with van der Waals surface area (Å²) in [6.07, 6.45) is 0. The Morgan fingerprint density at radius 2 is 1.83 bits per heavy atom. The second-order valence-electron chi connectivity index (χ2n) is 2.83. The fraction of sp³-hybridized carbons (Fsp3) is 0.100. The van der Waals surface area contributed by atoms with Gasteiger partial charge in [0.2, 0.25) is 5.52 Å². The Hall–Kier alpha value is -1.57. The van der Waals surface area contributed by atoms with Gasteiger partial charge in [0.15, 0.2) is 5.69 Å². The van der Waals surface area contributed by atoms with Gasteiger partial charge >= 0.3 is 0 Å². The third kappa shape index (κ3) is 0.925. The molecule has 2 heteroatoms. The SMILES string of the molecule is Cc1ccc2ccccc2[n+]1[O-]. The summed E-state index contributed by atoms with van der Waals surface area (Å²) >= 11 is 0. The van der Waals surface area contributed by atoms with Gasteiger partial charge in [-0.1, -0.05) is 12.1 Å². The van der Waals surface area contributed by atoms with Gasteiger partial charge in [0.05, 0.1) is 0 Å². The van der Waals surface area contributed by atoms with Crippen molar-refractivity contribution in [2.45, 2.75) is 6.92 Å². The molecule has 0 amide bonds. The van der Waals surface area contributed by atoms with Crippen LogP contribution in [0.25, 0.3) is 10.9 Å². The zero-order chi connectivity index (χ0) is 8.55. The molecule has 0 radical (unpaired) electrons. The average Bonchev–Trinajstić information content (AvgIpc) is 2.12. The van der Waals surface area contributed by atoms with Gasteiger partial charge in [0.25, 0.3) is 0 Å². The Morgan fingerprint density at radius 3 is 2.67 bits per heavy atom. The number of nitrogens with zero attached hydrogens (tertiary/aromatic N) is 1. The quantitative estimate of drug-likeness (QED) is 0.425. The molecule has 1 heterocycles. The van der Waals surface area contributed by atoms with E-state index in [2.05, 4.69) is 0 Å². The molecule has 0 aliphatic rings. The Labute approximate surface area is 70.7 Å². The molecule has 2 rings (SSSR count). The first-order chi connectivity index (χ1) is 5.79. The van der Waals surface area contributed by atoms with Crippen molar-refractivity contribution in [1.82, 2.24) is 0 Å². The number of pyridine rings is 1. The van der Waals surface area contributed by atoms with E-state index >= 15 is 0 Å². The summed E-state index contributed by atoms with van der Waals surface area (Å²) in [4.78, 5) is 0. The van der Waals surface area contributed by atoms with E-state index in [0.717, 1.165) is 21.3 Å². The van der Waals surface area contributed by atoms with Crippen molar-refractivity contribution < 1.29 is 4.73 Å². The van der Waals surface area contributed by atoms with E-state index in [4.69, 9.17) is 0 Å². The molecule has 1 aromatic heterocycles. The van der Waals surface area contributed by atoms with Crippen LogP contribution in [0, 0.1) is 12.1 Å². The van der Waals surface area contributed by atoms with Gasteiger partial charge in [-0.25, -0.2) is 0 Å². The molecule has 0 N–H and O–H groups in total. The molecule has 60 valence electrons. The summed E-state index contributed by atoms with van der Waals surface area (Å²) in [5.74, 6) is 0. The molecule has 0 atom stereocenters. The van der Waals surface area contributed by atoms with Gasteiger partial charge in [-0.05, 0) is 12.1 Å². The predicted octanol–water partition coefficient (Wildman–Crippen LogP) is 1.78. The van der Waals surface area contributed by atoms with E-state index < -0.39 is 0 Å². The van der Waals surface area contributed by atoms with Crippen LogP contribution in [-0.2, 0) is 0 Å². The van der Waals surface area contributed by atoms with E-state index in [0.29, 0.717) is 0 Å². The maximum Gasteiger partial charge on any atom is 0.223 e. The minimum absolute atomic E-state index is 0.730. The van der Waals surface area contributed by atoms with Crippen LogP contribution in [0.15, 0.2) is 36.4 Å².